The minimum absolute atomic E-state index is 1.09. The maximum Gasteiger partial charge on any atom is 0.0554 e. The Bertz CT molecular complexity index is 3490. The first kappa shape index (κ1) is 34.3. The van der Waals surface area contributed by atoms with E-state index in [1.165, 1.54) is 71.6 Å². The molecule has 0 fully saturated rings. The Hall–Kier alpha value is -6.76. The Kier molecular flexibility index (Phi) is 8.12. The highest BCUT2D eigenvalue weighted by Gasteiger charge is 2.22. The molecule has 0 aliphatic carbocycles. The van der Waals surface area contributed by atoms with Crippen molar-refractivity contribution in [2.24, 2.45) is 0 Å². The summed E-state index contributed by atoms with van der Waals surface area (Å²) >= 11 is 5.60. The summed E-state index contributed by atoms with van der Waals surface area (Å²) in [7, 11) is 0. The van der Waals surface area contributed by atoms with Gasteiger partial charge < -0.3 is 9.80 Å². The van der Waals surface area contributed by atoms with Crippen molar-refractivity contribution in [2.75, 3.05) is 9.80 Å². The Morgan fingerprint density at radius 2 is 0.695 bits per heavy atom. The fraction of sp³-hybridized carbons (Fsp3) is 0. The van der Waals surface area contributed by atoms with E-state index in [9.17, 15) is 0 Å². The van der Waals surface area contributed by atoms with Crippen LogP contribution in [0.5, 0.6) is 0 Å². The van der Waals surface area contributed by atoms with Crippen LogP contribution in [0.3, 0.4) is 0 Å². The zero-order chi connectivity index (χ0) is 38.9. The zero-order valence-electron chi connectivity index (χ0n) is 31.7. The fourth-order valence-corrected chi connectivity index (χ4v) is 12.0. The summed E-state index contributed by atoms with van der Waals surface area (Å²) < 4.78 is 7.81. The first-order valence-electron chi connectivity index (χ1n) is 19.8. The standard InChI is InChI=1S/C54H34N2S3/c1-3-13-37(14-4-1)55(38-15-5-2-6-16-38)39-17-11-18-40(33-39)56(41-27-30-51-45(34-41)43-20-8-10-23-49(43)58-51)47-21-12-24-53-54(47)46-32-36(26-29-52(46)59-53)35-25-28-50-44(31-35)42-19-7-9-22-48(42)57-50/h1-34H. The molecule has 0 atom stereocenters. The maximum absolute atomic E-state index is 2.48. The normalized spacial score (nSPS) is 11.7. The molecule has 9 aromatic carbocycles. The van der Waals surface area contributed by atoms with Crippen molar-refractivity contribution in [3.05, 3.63) is 206 Å². The van der Waals surface area contributed by atoms with E-state index in [1.807, 2.05) is 34.0 Å². The number of benzene rings is 9. The Labute approximate surface area is 353 Å². The van der Waals surface area contributed by atoms with Crippen LogP contribution in [0.15, 0.2) is 206 Å². The highest BCUT2D eigenvalue weighted by Crippen LogP contribution is 2.48. The van der Waals surface area contributed by atoms with Crippen LogP contribution in [-0.2, 0) is 0 Å². The van der Waals surface area contributed by atoms with E-state index in [4.69, 9.17) is 0 Å². The lowest BCUT2D eigenvalue weighted by Crippen LogP contribution is -2.13. The van der Waals surface area contributed by atoms with E-state index in [1.54, 1.807) is 0 Å². The third-order valence-corrected chi connectivity index (χ3v) is 14.9. The molecule has 0 bridgehead atoms. The van der Waals surface area contributed by atoms with Gasteiger partial charge in [0.15, 0.2) is 0 Å². The van der Waals surface area contributed by atoms with Gasteiger partial charge in [0.25, 0.3) is 0 Å². The van der Waals surface area contributed by atoms with Crippen molar-refractivity contribution in [1.82, 2.24) is 0 Å². The molecule has 0 N–H and O–H groups in total. The molecule has 278 valence electrons. The molecule has 3 heterocycles. The number of hydrogen-bond donors (Lipinski definition) is 0. The monoisotopic (exact) mass is 806 g/mol. The minimum Gasteiger partial charge on any atom is -0.310 e. The molecular formula is C54H34N2S3. The maximum atomic E-state index is 2.48. The van der Waals surface area contributed by atoms with Crippen molar-refractivity contribution in [3.8, 4) is 11.1 Å². The van der Waals surface area contributed by atoms with Gasteiger partial charge in [-0.3, -0.25) is 0 Å². The van der Waals surface area contributed by atoms with Crippen LogP contribution < -0.4 is 9.80 Å². The summed E-state index contributed by atoms with van der Waals surface area (Å²) in [6.07, 6.45) is 0. The second-order valence-electron chi connectivity index (χ2n) is 14.9. The predicted octanol–water partition coefficient (Wildman–Crippen LogP) is 17.4. The molecule has 0 saturated heterocycles. The van der Waals surface area contributed by atoms with Crippen molar-refractivity contribution < 1.29 is 0 Å². The van der Waals surface area contributed by atoms with E-state index < -0.39 is 0 Å². The van der Waals surface area contributed by atoms with Gasteiger partial charge in [0.05, 0.1) is 5.69 Å². The summed E-state index contributed by atoms with van der Waals surface area (Å²) in [5, 5.41) is 7.75. The number of hydrogen-bond acceptors (Lipinski definition) is 5. The highest BCUT2D eigenvalue weighted by molar-refractivity contribution is 7.26. The summed E-state index contributed by atoms with van der Waals surface area (Å²) in [5.41, 5.74) is 9.16. The van der Waals surface area contributed by atoms with Crippen LogP contribution in [0.1, 0.15) is 0 Å². The quantitative estimate of drug-likeness (QED) is 0.158. The zero-order valence-corrected chi connectivity index (χ0v) is 34.2. The number of thiophene rings is 3. The first-order valence-corrected chi connectivity index (χ1v) is 22.3. The van der Waals surface area contributed by atoms with Crippen molar-refractivity contribution in [1.29, 1.82) is 0 Å². The van der Waals surface area contributed by atoms with E-state index in [0.29, 0.717) is 0 Å². The van der Waals surface area contributed by atoms with Gasteiger partial charge in [0.1, 0.15) is 0 Å². The molecule has 0 spiro atoms. The van der Waals surface area contributed by atoms with E-state index in [2.05, 4.69) is 216 Å². The summed E-state index contributed by atoms with van der Waals surface area (Å²) in [6, 6.07) is 75.7. The molecule has 0 saturated carbocycles. The summed E-state index contributed by atoms with van der Waals surface area (Å²) in [5.74, 6) is 0. The van der Waals surface area contributed by atoms with Crippen LogP contribution in [0.4, 0.5) is 34.1 Å². The molecule has 2 nitrogen and oxygen atoms in total. The number of rotatable bonds is 7. The average molecular weight is 807 g/mol. The fourth-order valence-electron chi connectivity index (χ4n) is 8.73. The Balaban J connectivity index is 1.08. The summed E-state index contributed by atoms with van der Waals surface area (Å²) in [6.45, 7) is 0. The second kappa shape index (κ2) is 14.0. The molecule has 59 heavy (non-hydrogen) atoms. The molecule has 12 aromatic rings. The van der Waals surface area contributed by atoms with Crippen molar-refractivity contribution >= 4 is 129 Å². The van der Waals surface area contributed by atoms with Gasteiger partial charge >= 0.3 is 0 Å². The lowest BCUT2D eigenvalue weighted by molar-refractivity contribution is 1.26. The van der Waals surface area contributed by atoms with E-state index >= 15 is 0 Å². The molecule has 0 amide bonds. The van der Waals surface area contributed by atoms with Crippen LogP contribution in [0.25, 0.3) is 71.6 Å². The predicted molar refractivity (Wildman–Crippen MR) is 260 cm³/mol. The molecule has 3 aromatic heterocycles. The Morgan fingerprint density at radius 1 is 0.254 bits per heavy atom. The number of anilines is 6. The largest absolute Gasteiger partial charge is 0.310 e. The van der Waals surface area contributed by atoms with Crippen LogP contribution in [-0.4, -0.2) is 0 Å². The van der Waals surface area contributed by atoms with Gasteiger partial charge in [0.2, 0.25) is 0 Å². The van der Waals surface area contributed by atoms with Crippen LogP contribution >= 0.6 is 34.0 Å². The molecule has 0 aliphatic heterocycles. The summed E-state index contributed by atoms with van der Waals surface area (Å²) in [4.78, 5) is 4.83. The van der Waals surface area contributed by atoms with Crippen molar-refractivity contribution in [2.45, 2.75) is 0 Å². The van der Waals surface area contributed by atoms with Gasteiger partial charge in [-0.2, -0.15) is 0 Å². The average Bonchev–Trinajstić information content (AvgIpc) is 3.98. The lowest BCUT2D eigenvalue weighted by atomic mass is 10.00. The van der Waals surface area contributed by atoms with Gasteiger partial charge in [-0.15, -0.1) is 34.0 Å². The third-order valence-electron chi connectivity index (χ3n) is 11.4. The minimum atomic E-state index is 1.09. The molecule has 0 unspecified atom stereocenters. The topological polar surface area (TPSA) is 6.48 Å². The highest BCUT2D eigenvalue weighted by atomic mass is 32.1. The number of fused-ring (bicyclic) bond motifs is 9. The van der Waals surface area contributed by atoms with Gasteiger partial charge in [-0.1, -0.05) is 97.1 Å². The van der Waals surface area contributed by atoms with Crippen LogP contribution in [0.2, 0.25) is 0 Å². The lowest BCUT2D eigenvalue weighted by Gasteiger charge is -2.30. The van der Waals surface area contributed by atoms with E-state index in [0.717, 1.165) is 34.1 Å². The van der Waals surface area contributed by atoms with Gasteiger partial charge in [-0.25, -0.2) is 0 Å². The van der Waals surface area contributed by atoms with Gasteiger partial charge in [0, 0.05) is 89.0 Å². The smallest absolute Gasteiger partial charge is 0.0554 e. The molecule has 0 radical (unpaired) electrons. The third kappa shape index (κ3) is 5.81. The molecule has 0 aliphatic rings. The molecule has 5 heteroatoms. The van der Waals surface area contributed by atoms with Crippen molar-refractivity contribution in [3.63, 3.8) is 0 Å². The molecule has 12 rings (SSSR count). The SMILES string of the molecule is c1ccc(N(c2ccccc2)c2cccc(N(c3ccc4sc5ccccc5c4c3)c3cccc4sc5ccc(-c6ccc7sc8ccccc8c7c6)cc5c34)c2)cc1. The van der Waals surface area contributed by atoms with Crippen LogP contribution in [0, 0.1) is 0 Å². The Morgan fingerprint density at radius 3 is 1.36 bits per heavy atom. The molecular weight excluding hydrogens is 773 g/mol. The van der Waals surface area contributed by atoms with E-state index in [-0.39, 0.29) is 0 Å². The number of nitrogens with zero attached hydrogens (tertiary/aromatic N) is 2. The number of para-hydroxylation sites is 2. The second-order valence-corrected chi connectivity index (χ2v) is 18.2. The van der Waals surface area contributed by atoms with Gasteiger partial charge in [-0.05, 0) is 120 Å². The first-order chi connectivity index (χ1) is 29.2.